The lowest BCUT2D eigenvalue weighted by atomic mass is 9.81. The van der Waals surface area contributed by atoms with Gasteiger partial charge in [0.15, 0.2) is 11.6 Å². The lowest BCUT2D eigenvalue weighted by Crippen LogP contribution is -2.50. The van der Waals surface area contributed by atoms with Crippen LogP contribution in [0.5, 0.6) is 5.75 Å². The summed E-state index contributed by atoms with van der Waals surface area (Å²) < 4.78 is 17.3. The number of nitrogens with one attached hydrogen (secondary N) is 1. The normalized spacial score (nSPS) is 17.2. The number of ether oxygens (including phenoxy) is 3. The summed E-state index contributed by atoms with van der Waals surface area (Å²) in [5.74, 6) is 0.390. The zero-order valence-electron chi connectivity index (χ0n) is 23.7. The maximum Gasteiger partial charge on any atom is 0.252 e. The minimum atomic E-state index is -1.58. The molecule has 0 fully saturated rings. The molecule has 0 aliphatic carbocycles. The molecule has 0 spiro atoms. The lowest BCUT2D eigenvalue weighted by Gasteiger charge is -2.31. The Morgan fingerprint density at radius 1 is 1.00 bits per heavy atom. The van der Waals surface area contributed by atoms with E-state index in [-0.39, 0.29) is 18.9 Å². The van der Waals surface area contributed by atoms with Gasteiger partial charge in [0.05, 0.1) is 6.61 Å². The van der Waals surface area contributed by atoms with Crippen LogP contribution in [0.25, 0.3) is 20.9 Å². The summed E-state index contributed by atoms with van der Waals surface area (Å²) in [7, 11) is 1.59. The highest BCUT2D eigenvalue weighted by atomic mass is 16.5. The second-order valence-corrected chi connectivity index (χ2v) is 9.63. The summed E-state index contributed by atoms with van der Waals surface area (Å²) in [4.78, 5) is 25.1. The molecule has 43 heavy (non-hydrogen) atoms. The molecular weight excluding hydrogens is 552 g/mol. The van der Waals surface area contributed by atoms with E-state index in [9.17, 15) is 15.9 Å². The average Bonchev–Trinajstić information content (AvgIpc) is 3.41. The van der Waals surface area contributed by atoms with Crippen LogP contribution in [0.1, 0.15) is 35.6 Å². The Labute approximate surface area is 248 Å². The minimum Gasteiger partial charge on any atom is -0.494 e. The first kappa shape index (κ1) is 30.9. The monoisotopic (exact) mass is 584 g/mol. The standard InChI is InChI=1S/C30H32N8O5/c1-41-18-6-16-33-29(40)30(20-22-8-2-4-10-25(22)35-37-31)27(24-9-3-5-11-26(24)36-38-32)43-28(34-30)21-12-14-23(15-13-21)42-19-7-17-39/h2-5,8-15,27,39H,6-7,16-20H2,1H3,(H,33,40)/t27-,30-/m0/s1. The Morgan fingerprint density at radius 2 is 1.70 bits per heavy atom. The Hall–Kier alpha value is -5.06. The number of benzene rings is 3. The van der Waals surface area contributed by atoms with Crippen molar-refractivity contribution < 1.29 is 24.1 Å². The third-order valence-electron chi connectivity index (χ3n) is 6.82. The van der Waals surface area contributed by atoms with Crippen molar-refractivity contribution in [3.63, 3.8) is 0 Å². The van der Waals surface area contributed by atoms with Gasteiger partial charge in [0.1, 0.15) is 5.75 Å². The number of azide groups is 2. The molecule has 2 N–H and O–H groups in total. The van der Waals surface area contributed by atoms with E-state index >= 15 is 0 Å². The number of rotatable bonds is 15. The van der Waals surface area contributed by atoms with E-state index in [0.29, 0.717) is 66.4 Å². The van der Waals surface area contributed by atoms with Crippen LogP contribution in [-0.4, -0.2) is 55.9 Å². The lowest BCUT2D eigenvalue weighted by molar-refractivity contribution is -0.128. The van der Waals surface area contributed by atoms with Crippen LogP contribution in [-0.2, 0) is 20.7 Å². The third-order valence-corrected chi connectivity index (χ3v) is 6.82. The predicted octanol–water partition coefficient (Wildman–Crippen LogP) is 5.98. The van der Waals surface area contributed by atoms with E-state index < -0.39 is 17.6 Å². The first-order valence-corrected chi connectivity index (χ1v) is 13.7. The van der Waals surface area contributed by atoms with Crippen LogP contribution in [0.3, 0.4) is 0 Å². The van der Waals surface area contributed by atoms with Crippen molar-refractivity contribution in [1.82, 2.24) is 5.32 Å². The highest BCUT2D eigenvalue weighted by Gasteiger charge is 2.54. The summed E-state index contributed by atoms with van der Waals surface area (Å²) >= 11 is 0. The Balaban J connectivity index is 1.85. The predicted molar refractivity (Wildman–Crippen MR) is 160 cm³/mol. The molecule has 0 radical (unpaired) electrons. The van der Waals surface area contributed by atoms with Crippen LogP contribution < -0.4 is 10.1 Å². The van der Waals surface area contributed by atoms with E-state index in [1.807, 2.05) is 0 Å². The van der Waals surface area contributed by atoms with Crippen LogP contribution >= 0.6 is 0 Å². The van der Waals surface area contributed by atoms with Crippen LogP contribution in [0, 0.1) is 0 Å². The molecule has 0 unspecified atom stereocenters. The van der Waals surface area contributed by atoms with Crippen LogP contribution in [0.15, 0.2) is 88.0 Å². The van der Waals surface area contributed by atoms with Gasteiger partial charge in [-0.25, -0.2) is 4.99 Å². The van der Waals surface area contributed by atoms with Crippen molar-refractivity contribution in [2.75, 3.05) is 33.5 Å². The smallest absolute Gasteiger partial charge is 0.252 e. The van der Waals surface area contributed by atoms with E-state index in [1.165, 1.54) is 0 Å². The first-order valence-electron chi connectivity index (χ1n) is 13.7. The van der Waals surface area contributed by atoms with E-state index in [1.54, 1.807) is 79.9 Å². The van der Waals surface area contributed by atoms with Gasteiger partial charge in [-0.2, -0.15) is 0 Å². The van der Waals surface area contributed by atoms with Gasteiger partial charge < -0.3 is 24.6 Å². The summed E-state index contributed by atoms with van der Waals surface area (Å²) in [6.45, 7) is 1.16. The number of amides is 1. The van der Waals surface area contributed by atoms with Gasteiger partial charge in [0.2, 0.25) is 5.90 Å². The number of carbonyl (C=O) groups is 1. The molecule has 1 heterocycles. The van der Waals surface area contributed by atoms with Gasteiger partial charge in [0.25, 0.3) is 5.91 Å². The van der Waals surface area contributed by atoms with Gasteiger partial charge in [0, 0.05) is 72.0 Å². The Bertz CT molecular complexity index is 1530. The molecule has 3 aromatic rings. The van der Waals surface area contributed by atoms with E-state index in [0.717, 1.165) is 0 Å². The number of aliphatic hydroxyl groups excluding tert-OH is 1. The van der Waals surface area contributed by atoms with Gasteiger partial charge in [-0.3, -0.25) is 4.79 Å². The second-order valence-electron chi connectivity index (χ2n) is 9.63. The topological polar surface area (TPSA) is 187 Å². The Kier molecular flexibility index (Phi) is 11.0. The van der Waals surface area contributed by atoms with Crippen molar-refractivity contribution in [3.05, 3.63) is 110 Å². The molecule has 1 amide bonds. The number of aliphatic hydroxyl groups is 1. The molecule has 13 heteroatoms. The Morgan fingerprint density at radius 3 is 2.42 bits per heavy atom. The molecule has 0 saturated heterocycles. The highest BCUT2D eigenvalue weighted by molar-refractivity contribution is 6.01. The van der Waals surface area contributed by atoms with Gasteiger partial charge in [-0.05, 0) is 47.3 Å². The number of nitrogens with zero attached hydrogens (tertiary/aromatic N) is 7. The summed E-state index contributed by atoms with van der Waals surface area (Å²) in [6.07, 6.45) is 0.0806. The third kappa shape index (κ3) is 7.42. The molecule has 0 saturated carbocycles. The number of hydrogen-bond acceptors (Lipinski definition) is 8. The van der Waals surface area contributed by atoms with Crippen molar-refractivity contribution in [2.24, 2.45) is 15.2 Å². The first-order chi connectivity index (χ1) is 21.1. The van der Waals surface area contributed by atoms with E-state index in [2.05, 4.69) is 25.4 Å². The summed E-state index contributed by atoms with van der Waals surface area (Å²) in [5.41, 5.74) is 19.2. The largest absolute Gasteiger partial charge is 0.494 e. The van der Waals surface area contributed by atoms with Crippen molar-refractivity contribution in [1.29, 1.82) is 0 Å². The highest BCUT2D eigenvalue weighted by Crippen LogP contribution is 2.46. The molecule has 222 valence electrons. The average molecular weight is 585 g/mol. The quantitative estimate of drug-likeness (QED) is 0.0960. The summed E-state index contributed by atoms with van der Waals surface area (Å²) in [5, 5.41) is 19.7. The van der Waals surface area contributed by atoms with Crippen molar-refractivity contribution in [2.45, 2.75) is 30.9 Å². The zero-order chi connectivity index (χ0) is 30.5. The second kappa shape index (κ2) is 15.2. The molecule has 13 nitrogen and oxygen atoms in total. The number of methoxy groups -OCH3 is 1. The van der Waals surface area contributed by atoms with Crippen molar-refractivity contribution in [3.8, 4) is 5.75 Å². The molecule has 1 aliphatic rings. The van der Waals surface area contributed by atoms with Gasteiger partial charge in [-0.15, -0.1) is 0 Å². The van der Waals surface area contributed by atoms with Crippen LogP contribution in [0.4, 0.5) is 11.4 Å². The molecule has 0 aromatic heterocycles. The molecule has 2 atom stereocenters. The van der Waals surface area contributed by atoms with Gasteiger partial charge in [-0.1, -0.05) is 58.8 Å². The molecular formula is C30H32N8O5. The minimum absolute atomic E-state index is 0.0133. The number of carbonyl (C=O) groups excluding carboxylic acids is 1. The molecule has 4 rings (SSSR count). The summed E-state index contributed by atoms with van der Waals surface area (Å²) in [6, 6.07) is 20.9. The van der Waals surface area contributed by atoms with Gasteiger partial charge >= 0.3 is 0 Å². The zero-order valence-corrected chi connectivity index (χ0v) is 23.7. The number of hydrogen-bond donors (Lipinski definition) is 2. The maximum atomic E-state index is 14.2. The fourth-order valence-corrected chi connectivity index (χ4v) is 4.78. The number of aliphatic imine (C=N–C) groups is 1. The van der Waals surface area contributed by atoms with Crippen molar-refractivity contribution >= 4 is 23.2 Å². The van der Waals surface area contributed by atoms with Crippen LogP contribution in [0.2, 0.25) is 0 Å². The molecule has 1 aliphatic heterocycles. The molecule has 0 bridgehead atoms. The SMILES string of the molecule is COCCCNC(=O)[C@@]1(Cc2ccccc2N=[N+]=[N-])N=C(c2ccc(OCCCO)cc2)O[C@H]1c1ccccc1N=[N+]=[N-]. The molecule has 3 aromatic carbocycles. The maximum absolute atomic E-state index is 14.2. The fourth-order valence-electron chi connectivity index (χ4n) is 4.78. The fraction of sp³-hybridized carbons (Fsp3) is 0.333. The van der Waals surface area contributed by atoms with E-state index in [4.69, 9.17) is 24.3 Å².